The number of aromatic nitrogens is 2. The summed E-state index contributed by atoms with van der Waals surface area (Å²) in [4.78, 5) is 4.42. The fourth-order valence-corrected chi connectivity index (χ4v) is 3.47. The summed E-state index contributed by atoms with van der Waals surface area (Å²) in [5, 5.41) is 4.61. The van der Waals surface area contributed by atoms with Crippen LogP contribution >= 0.6 is 23.4 Å². The third-order valence-electron chi connectivity index (χ3n) is 3.00. The van der Waals surface area contributed by atoms with Crippen molar-refractivity contribution < 1.29 is 4.52 Å². The second kappa shape index (κ2) is 4.91. The van der Waals surface area contributed by atoms with Crippen LogP contribution in [0, 0.1) is 0 Å². The van der Waals surface area contributed by atoms with Crippen LogP contribution in [0.1, 0.15) is 11.8 Å². The molecule has 1 fully saturated rings. The van der Waals surface area contributed by atoms with E-state index in [-0.39, 0.29) is 12.0 Å². The van der Waals surface area contributed by atoms with Crippen LogP contribution in [0.5, 0.6) is 0 Å². The fourth-order valence-electron chi connectivity index (χ4n) is 1.96. The number of rotatable bonds is 2. The quantitative estimate of drug-likeness (QED) is 0.916. The van der Waals surface area contributed by atoms with Gasteiger partial charge < -0.3 is 10.3 Å². The van der Waals surface area contributed by atoms with Crippen molar-refractivity contribution in [2.24, 2.45) is 5.73 Å². The Morgan fingerprint density at radius 3 is 2.89 bits per heavy atom. The van der Waals surface area contributed by atoms with E-state index in [0.29, 0.717) is 16.7 Å². The minimum Gasteiger partial charge on any atom is -0.339 e. The molecule has 2 N–H and O–H groups in total. The van der Waals surface area contributed by atoms with Crippen LogP contribution < -0.4 is 5.73 Å². The topological polar surface area (TPSA) is 64.9 Å². The zero-order valence-corrected chi connectivity index (χ0v) is 11.1. The van der Waals surface area contributed by atoms with Gasteiger partial charge in [-0.05, 0) is 12.1 Å². The SMILES string of the molecule is NC1CSCC1c1nc(-c2ccccc2Cl)no1. The molecule has 94 valence electrons. The van der Waals surface area contributed by atoms with E-state index in [0.717, 1.165) is 17.1 Å². The van der Waals surface area contributed by atoms with E-state index >= 15 is 0 Å². The Bertz CT molecular complexity index is 560. The van der Waals surface area contributed by atoms with Gasteiger partial charge >= 0.3 is 0 Å². The van der Waals surface area contributed by atoms with Gasteiger partial charge in [0.25, 0.3) is 0 Å². The van der Waals surface area contributed by atoms with Crippen molar-refractivity contribution in [3.63, 3.8) is 0 Å². The van der Waals surface area contributed by atoms with Crippen molar-refractivity contribution in [3.8, 4) is 11.4 Å². The standard InChI is InChI=1S/C12H12ClN3OS/c13-9-4-2-1-3-7(9)11-15-12(17-16-11)8-5-18-6-10(8)14/h1-4,8,10H,5-6,14H2. The zero-order valence-electron chi connectivity index (χ0n) is 9.54. The first kappa shape index (κ1) is 12.0. The Morgan fingerprint density at radius 1 is 1.33 bits per heavy atom. The monoisotopic (exact) mass is 281 g/mol. The van der Waals surface area contributed by atoms with Crippen LogP contribution in [0.4, 0.5) is 0 Å². The van der Waals surface area contributed by atoms with E-state index < -0.39 is 0 Å². The van der Waals surface area contributed by atoms with Crippen molar-refractivity contribution in [3.05, 3.63) is 35.2 Å². The lowest BCUT2D eigenvalue weighted by Crippen LogP contribution is -2.26. The third kappa shape index (κ3) is 2.13. The predicted octanol–water partition coefficient (Wildman–Crippen LogP) is 2.55. The second-order valence-corrected chi connectivity index (χ2v) is 5.73. The van der Waals surface area contributed by atoms with Gasteiger partial charge in [0, 0.05) is 23.1 Å². The third-order valence-corrected chi connectivity index (χ3v) is 4.54. The van der Waals surface area contributed by atoms with Gasteiger partial charge in [-0.25, -0.2) is 0 Å². The summed E-state index contributed by atoms with van der Waals surface area (Å²) in [6, 6.07) is 7.55. The number of benzene rings is 1. The molecule has 1 saturated heterocycles. The molecule has 1 aliphatic rings. The summed E-state index contributed by atoms with van der Waals surface area (Å²) in [5.74, 6) is 3.17. The van der Waals surface area contributed by atoms with Crippen LogP contribution in [0.2, 0.25) is 5.02 Å². The maximum absolute atomic E-state index is 6.11. The average Bonchev–Trinajstić information content (AvgIpc) is 2.98. The summed E-state index contributed by atoms with van der Waals surface area (Å²) < 4.78 is 5.32. The summed E-state index contributed by atoms with van der Waals surface area (Å²) in [7, 11) is 0. The largest absolute Gasteiger partial charge is 0.339 e. The normalized spacial score (nSPS) is 23.4. The molecule has 4 nitrogen and oxygen atoms in total. The molecule has 1 aromatic heterocycles. The molecule has 2 aromatic rings. The van der Waals surface area contributed by atoms with Crippen molar-refractivity contribution in [1.82, 2.24) is 10.1 Å². The van der Waals surface area contributed by atoms with E-state index in [9.17, 15) is 0 Å². The number of halogens is 1. The van der Waals surface area contributed by atoms with Gasteiger partial charge in [-0.15, -0.1) is 0 Å². The van der Waals surface area contributed by atoms with Gasteiger partial charge in [-0.3, -0.25) is 0 Å². The lowest BCUT2D eigenvalue weighted by molar-refractivity contribution is 0.352. The molecule has 1 aromatic carbocycles. The lowest BCUT2D eigenvalue weighted by Gasteiger charge is -2.07. The molecule has 3 rings (SSSR count). The predicted molar refractivity (Wildman–Crippen MR) is 72.8 cm³/mol. The molecule has 0 bridgehead atoms. The van der Waals surface area contributed by atoms with Crippen molar-refractivity contribution in [1.29, 1.82) is 0 Å². The molecule has 18 heavy (non-hydrogen) atoms. The van der Waals surface area contributed by atoms with E-state index in [1.807, 2.05) is 36.0 Å². The Balaban J connectivity index is 1.92. The molecular weight excluding hydrogens is 270 g/mol. The average molecular weight is 282 g/mol. The van der Waals surface area contributed by atoms with Gasteiger partial charge in [-0.1, -0.05) is 28.9 Å². The van der Waals surface area contributed by atoms with Crippen LogP contribution in [-0.2, 0) is 0 Å². The minimum absolute atomic E-state index is 0.0922. The van der Waals surface area contributed by atoms with Gasteiger partial charge in [0.15, 0.2) is 0 Å². The number of hydrogen-bond acceptors (Lipinski definition) is 5. The van der Waals surface area contributed by atoms with Gasteiger partial charge in [-0.2, -0.15) is 16.7 Å². The molecule has 1 aliphatic heterocycles. The van der Waals surface area contributed by atoms with Crippen LogP contribution in [0.25, 0.3) is 11.4 Å². The number of nitrogens with two attached hydrogens (primary N) is 1. The summed E-state index contributed by atoms with van der Waals surface area (Å²) in [5.41, 5.74) is 6.80. The number of nitrogens with zero attached hydrogens (tertiary/aromatic N) is 2. The summed E-state index contributed by atoms with van der Waals surface area (Å²) in [6.45, 7) is 0. The Labute approximate surface area is 114 Å². The molecule has 0 amide bonds. The Morgan fingerprint density at radius 2 is 2.17 bits per heavy atom. The zero-order chi connectivity index (χ0) is 12.5. The summed E-state index contributed by atoms with van der Waals surface area (Å²) in [6.07, 6.45) is 0. The maximum Gasteiger partial charge on any atom is 0.232 e. The highest BCUT2D eigenvalue weighted by Gasteiger charge is 2.31. The second-order valence-electron chi connectivity index (χ2n) is 4.24. The molecular formula is C12H12ClN3OS. The number of hydrogen-bond donors (Lipinski definition) is 1. The molecule has 6 heteroatoms. The lowest BCUT2D eigenvalue weighted by atomic mass is 10.1. The van der Waals surface area contributed by atoms with Crippen LogP contribution in [0.3, 0.4) is 0 Å². The minimum atomic E-state index is 0.0922. The van der Waals surface area contributed by atoms with Gasteiger partial charge in [0.05, 0.1) is 10.9 Å². The van der Waals surface area contributed by atoms with Crippen molar-refractivity contribution >= 4 is 23.4 Å². The number of thioether (sulfide) groups is 1. The smallest absolute Gasteiger partial charge is 0.232 e. The molecule has 0 aliphatic carbocycles. The fraction of sp³-hybridized carbons (Fsp3) is 0.333. The van der Waals surface area contributed by atoms with Crippen LogP contribution in [-0.4, -0.2) is 27.7 Å². The highest BCUT2D eigenvalue weighted by atomic mass is 35.5. The first-order chi connectivity index (χ1) is 8.75. The van der Waals surface area contributed by atoms with E-state index in [1.165, 1.54) is 0 Å². The first-order valence-electron chi connectivity index (χ1n) is 5.67. The van der Waals surface area contributed by atoms with Crippen molar-refractivity contribution in [2.75, 3.05) is 11.5 Å². The van der Waals surface area contributed by atoms with Gasteiger partial charge in [0.2, 0.25) is 11.7 Å². The molecule has 0 saturated carbocycles. The highest BCUT2D eigenvalue weighted by molar-refractivity contribution is 7.99. The van der Waals surface area contributed by atoms with Crippen LogP contribution in [0.15, 0.2) is 28.8 Å². The van der Waals surface area contributed by atoms with E-state index in [4.69, 9.17) is 21.9 Å². The highest BCUT2D eigenvalue weighted by Crippen LogP contribution is 2.32. The molecule has 2 atom stereocenters. The first-order valence-corrected chi connectivity index (χ1v) is 7.21. The van der Waals surface area contributed by atoms with Gasteiger partial charge in [0.1, 0.15) is 0 Å². The Kier molecular flexibility index (Phi) is 3.28. The van der Waals surface area contributed by atoms with Crippen molar-refractivity contribution in [2.45, 2.75) is 12.0 Å². The molecule has 2 heterocycles. The molecule has 0 spiro atoms. The van der Waals surface area contributed by atoms with E-state index in [1.54, 1.807) is 0 Å². The maximum atomic E-state index is 6.11. The molecule has 0 radical (unpaired) electrons. The Hall–Kier alpha value is -1.04. The summed E-state index contributed by atoms with van der Waals surface area (Å²) >= 11 is 7.92. The van der Waals surface area contributed by atoms with E-state index in [2.05, 4.69) is 10.1 Å². The molecule has 2 unspecified atom stereocenters.